The molecule has 49 heavy (non-hydrogen) atoms. The van der Waals surface area contributed by atoms with E-state index in [1.54, 1.807) is 0 Å². The second-order valence-corrected chi connectivity index (χ2v) is 15.8. The molecule has 0 aliphatic rings. The van der Waals surface area contributed by atoms with Crippen molar-refractivity contribution in [2.75, 3.05) is 6.54 Å². The Kier molecular flexibility index (Phi) is 40.5. The van der Waals surface area contributed by atoms with E-state index in [1.165, 1.54) is 205 Å². The van der Waals surface area contributed by atoms with E-state index in [2.05, 4.69) is 24.5 Å². The molecule has 0 aromatic carbocycles. The molecule has 0 saturated heterocycles. The molecule has 0 fully saturated rings. The van der Waals surface area contributed by atoms with Crippen LogP contribution in [0.2, 0.25) is 0 Å². The van der Waals surface area contributed by atoms with Crippen LogP contribution in [0.3, 0.4) is 0 Å². The maximum absolute atomic E-state index is 12.3. The van der Waals surface area contributed by atoms with E-state index in [0.29, 0.717) is 19.4 Å². The van der Waals surface area contributed by atoms with Crippen molar-refractivity contribution in [1.82, 2.24) is 10.6 Å². The largest absolute Gasteiger partial charge is 0.354 e. The number of carbonyl (C=O) groups is 2. The highest BCUT2D eigenvalue weighted by atomic mass is 16.2. The van der Waals surface area contributed by atoms with Crippen molar-refractivity contribution >= 4 is 11.8 Å². The molecule has 0 aliphatic heterocycles. The van der Waals surface area contributed by atoms with Crippen LogP contribution in [0.4, 0.5) is 0 Å². The lowest BCUT2D eigenvalue weighted by Crippen LogP contribution is -2.41. The first kappa shape index (κ1) is 47.9. The minimum absolute atomic E-state index is 0.00711. The molecule has 0 heterocycles. The van der Waals surface area contributed by atoms with E-state index in [0.717, 1.165) is 25.7 Å². The van der Waals surface area contributed by atoms with E-state index in [1.807, 2.05) is 6.92 Å². The van der Waals surface area contributed by atoms with Gasteiger partial charge in [-0.2, -0.15) is 0 Å². The van der Waals surface area contributed by atoms with Crippen LogP contribution in [-0.2, 0) is 9.59 Å². The van der Waals surface area contributed by atoms with Gasteiger partial charge in [-0.3, -0.25) is 9.59 Å². The molecule has 0 aromatic rings. The summed E-state index contributed by atoms with van der Waals surface area (Å²) in [6.07, 6.45) is 50.2. The van der Waals surface area contributed by atoms with Gasteiger partial charge in [-0.1, -0.05) is 232 Å². The first-order chi connectivity index (χ1) is 24.1. The molecular weight excluding hydrogens is 601 g/mol. The first-order valence-corrected chi connectivity index (χ1v) is 22.7. The molecule has 2 amide bonds. The summed E-state index contributed by atoms with van der Waals surface area (Å²) in [5, 5.41) is 6.08. The lowest BCUT2D eigenvalue weighted by molar-refractivity contribution is -0.123. The van der Waals surface area contributed by atoms with Crippen molar-refractivity contribution in [3.05, 3.63) is 0 Å². The predicted octanol–water partition coefficient (Wildman–Crippen LogP) is 14.5. The van der Waals surface area contributed by atoms with Crippen LogP contribution in [0.15, 0.2) is 0 Å². The normalized spacial score (nSPS) is 12.0. The van der Waals surface area contributed by atoms with Gasteiger partial charge in [0.25, 0.3) is 0 Å². The monoisotopic (exact) mass is 691 g/mol. The van der Waals surface area contributed by atoms with Gasteiger partial charge in [0.2, 0.25) is 11.8 Å². The summed E-state index contributed by atoms with van der Waals surface area (Å²) in [7, 11) is 0. The van der Waals surface area contributed by atoms with Crippen molar-refractivity contribution < 1.29 is 9.59 Å². The molecule has 292 valence electrons. The molecule has 0 aromatic heterocycles. The summed E-state index contributed by atoms with van der Waals surface area (Å²) in [5.41, 5.74) is 0. The van der Waals surface area contributed by atoms with E-state index >= 15 is 0 Å². The number of carbonyl (C=O) groups excluding carboxylic acids is 2. The van der Waals surface area contributed by atoms with Crippen LogP contribution < -0.4 is 10.6 Å². The molecule has 0 rings (SSSR count). The number of amides is 2. The SMILES string of the molecule is CCCCCCCCCCCCCCCCCCCCC(=O)NCC(C)NC(=O)CCCCCCCCCCCCCCCCCCCC. The van der Waals surface area contributed by atoms with Crippen LogP contribution in [-0.4, -0.2) is 24.4 Å². The molecule has 2 N–H and O–H groups in total. The van der Waals surface area contributed by atoms with Gasteiger partial charge in [0.15, 0.2) is 0 Å². The fraction of sp³-hybridized carbons (Fsp3) is 0.956. The first-order valence-electron chi connectivity index (χ1n) is 22.7. The van der Waals surface area contributed by atoms with E-state index in [4.69, 9.17) is 0 Å². The summed E-state index contributed by atoms with van der Waals surface area (Å²) in [4.78, 5) is 24.5. The molecule has 0 saturated carbocycles. The Bertz CT molecular complexity index is 666. The highest BCUT2D eigenvalue weighted by Gasteiger charge is 2.09. The van der Waals surface area contributed by atoms with Crippen LogP contribution in [0.1, 0.15) is 265 Å². The van der Waals surface area contributed by atoms with Crippen molar-refractivity contribution in [3.8, 4) is 0 Å². The summed E-state index contributed by atoms with van der Waals surface area (Å²) in [5.74, 6) is 0.253. The summed E-state index contributed by atoms with van der Waals surface area (Å²) in [6.45, 7) is 7.10. The molecule has 0 bridgehead atoms. The number of rotatable bonds is 41. The quantitative estimate of drug-likeness (QED) is 0.0627. The van der Waals surface area contributed by atoms with E-state index in [9.17, 15) is 9.59 Å². The van der Waals surface area contributed by atoms with Crippen molar-refractivity contribution in [3.63, 3.8) is 0 Å². The van der Waals surface area contributed by atoms with Crippen LogP contribution in [0, 0.1) is 0 Å². The van der Waals surface area contributed by atoms with Crippen LogP contribution >= 0.6 is 0 Å². The molecule has 1 atom stereocenters. The zero-order valence-corrected chi connectivity index (χ0v) is 34.0. The minimum atomic E-state index is -0.00711. The maximum Gasteiger partial charge on any atom is 0.220 e. The van der Waals surface area contributed by atoms with Gasteiger partial charge in [-0.05, 0) is 19.8 Å². The van der Waals surface area contributed by atoms with E-state index < -0.39 is 0 Å². The Morgan fingerprint density at radius 1 is 0.347 bits per heavy atom. The topological polar surface area (TPSA) is 58.2 Å². The van der Waals surface area contributed by atoms with Gasteiger partial charge in [0.05, 0.1) is 0 Å². The van der Waals surface area contributed by atoms with Gasteiger partial charge in [-0.25, -0.2) is 0 Å². The average Bonchev–Trinajstić information content (AvgIpc) is 3.09. The fourth-order valence-electron chi connectivity index (χ4n) is 7.13. The molecule has 1 unspecified atom stereocenters. The molecular formula is C45H90N2O2. The maximum atomic E-state index is 12.3. The summed E-state index contributed by atoms with van der Waals surface area (Å²) >= 11 is 0. The predicted molar refractivity (Wildman–Crippen MR) is 217 cm³/mol. The summed E-state index contributed by atoms with van der Waals surface area (Å²) < 4.78 is 0. The molecule has 0 spiro atoms. The summed E-state index contributed by atoms with van der Waals surface area (Å²) in [6, 6.07) is -0.00711. The Labute approximate surface area is 308 Å². The van der Waals surface area contributed by atoms with Crippen molar-refractivity contribution in [2.24, 2.45) is 0 Å². The van der Waals surface area contributed by atoms with Crippen LogP contribution in [0.25, 0.3) is 0 Å². The fourth-order valence-corrected chi connectivity index (χ4v) is 7.13. The lowest BCUT2D eigenvalue weighted by atomic mass is 10.0. The average molecular weight is 691 g/mol. The Balaban J connectivity index is 3.35. The standard InChI is InChI=1S/C45H90N2O2/c1-4-6-8-10-12-14-16-18-20-22-24-26-28-30-32-34-36-38-40-44(48)46-42-43(3)47-45(49)41-39-37-35-33-31-29-27-25-23-21-19-17-15-13-11-9-7-5-2/h43H,4-42H2,1-3H3,(H,46,48)(H,47,49). The number of unbranched alkanes of at least 4 members (excludes halogenated alkanes) is 34. The number of nitrogens with one attached hydrogen (secondary N) is 2. The van der Waals surface area contributed by atoms with E-state index in [-0.39, 0.29) is 17.9 Å². The molecule has 4 heteroatoms. The Hall–Kier alpha value is -1.06. The minimum Gasteiger partial charge on any atom is -0.354 e. The number of hydrogen-bond acceptors (Lipinski definition) is 2. The number of hydrogen-bond donors (Lipinski definition) is 2. The smallest absolute Gasteiger partial charge is 0.220 e. The zero-order valence-electron chi connectivity index (χ0n) is 34.0. The second-order valence-electron chi connectivity index (χ2n) is 15.8. The third-order valence-corrected chi connectivity index (χ3v) is 10.5. The highest BCUT2D eigenvalue weighted by Crippen LogP contribution is 2.16. The van der Waals surface area contributed by atoms with Crippen LogP contribution in [0.5, 0.6) is 0 Å². The highest BCUT2D eigenvalue weighted by molar-refractivity contribution is 5.77. The molecule has 0 aliphatic carbocycles. The van der Waals surface area contributed by atoms with Gasteiger partial charge >= 0.3 is 0 Å². The van der Waals surface area contributed by atoms with Gasteiger partial charge in [-0.15, -0.1) is 0 Å². The lowest BCUT2D eigenvalue weighted by Gasteiger charge is -2.15. The van der Waals surface area contributed by atoms with Gasteiger partial charge in [0, 0.05) is 25.4 Å². The Morgan fingerprint density at radius 2 is 0.571 bits per heavy atom. The third-order valence-electron chi connectivity index (χ3n) is 10.5. The third kappa shape index (κ3) is 41.2. The Morgan fingerprint density at radius 3 is 0.837 bits per heavy atom. The second kappa shape index (κ2) is 41.4. The van der Waals surface area contributed by atoms with Gasteiger partial charge in [0.1, 0.15) is 0 Å². The zero-order chi connectivity index (χ0) is 35.7. The van der Waals surface area contributed by atoms with Crippen molar-refractivity contribution in [2.45, 2.75) is 271 Å². The molecule has 0 radical (unpaired) electrons. The van der Waals surface area contributed by atoms with Crippen molar-refractivity contribution in [1.29, 1.82) is 0 Å². The van der Waals surface area contributed by atoms with Gasteiger partial charge < -0.3 is 10.6 Å². The molecule has 4 nitrogen and oxygen atoms in total.